The molecule has 1 aliphatic carbocycles. The summed E-state index contributed by atoms with van der Waals surface area (Å²) in [4.78, 5) is 10.5. The van der Waals surface area contributed by atoms with Crippen LogP contribution in [0, 0.1) is 0 Å². The lowest BCUT2D eigenvalue weighted by Crippen LogP contribution is -1.97. The summed E-state index contributed by atoms with van der Waals surface area (Å²) in [5.41, 5.74) is 14.9. The van der Waals surface area contributed by atoms with E-state index in [-0.39, 0.29) is 0 Å². The molecule has 0 amide bonds. The first kappa shape index (κ1) is 30.5. The van der Waals surface area contributed by atoms with E-state index >= 15 is 0 Å². The van der Waals surface area contributed by atoms with Gasteiger partial charge in [-0.3, -0.25) is 0 Å². The number of fused-ring (bicyclic) bond motifs is 5. The molecule has 0 aliphatic heterocycles. The van der Waals surface area contributed by atoms with E-state index in [1.165, 1.54) is 71.3 Å². The van der Waals surface area contributed by atoms with E-state index < -0.39 is 0 Å². The van der Waals surface area contributed by atoms with Gasteiger partial charge in [0.15, 0.2) is 5.82 Å². The number of hydrogen-bond donors (Lipinski definition) is 0. The van der Waals surface area contributed by atoms with Gasteiger partial charge in [-0.25, -0.2) is 9.97 Å². The summed E-state index contributed by atoms with van der Waals surface area (Å²) in [5, 5.41) is 7.53. The van der Waals surface area contributed by atoms with Crippen molar-refractivity contribution in [1.82, 2.24) is 9.97 Å². The molecule has 2 nitrogen and oxygen atoms in total. The highest BCUT2D eigenvalue weighted by Crippen LogP contribution is 2.50. The first-order valence-corrected chi connectivity index (χ1v) is 18.5. The molecule has 10 aromatic rings. The molecule has 0 atom stereocenters. The van der Waals surface area contributed by atoms with Gasteiger partial charge < -0.3 is 0 Å². The summed E-state index contributed by atoms with van der Waals surface area (Å²) in [6.07, 6.45) is 0. The minimum absolute atomic E-state index is 0.733. The van der Waals surface area contributed by atoms with Crippen molar-refractivity contribution >= 4 is 32.3 Å². The van der Waals surface area contributed by atoms with Gasteiger partial charge >= 0.3 is 0 Å². The third-order valence-electron chi connectivity index (χ3n) is 11.0. The van der Waals surface area contributed by atoms with Crippen LogP contribution in [0.3, 0.4) is 0 Å². The first-order chi connectivity index (χ1) is 26.8. The Hall–Kier alpha value is -7.16. The van der Waals surface area contributed by atoms with E-state index in [4.69, 9.17) is 9.97 Å². The molecule has 1 aromatic heterocycles. The Balaban J connectivity index is 0.989. The lowest BCUT2D eigenvalue weighted by molar-refractivity contribution is 1.19. The predicted octanol–water partition coefficient (Wildman–Crippen LogP) is 13.9. The molecular weight excluding hydrogens is 653 g/mol. The number of aromatic nitrogens is 2. The SMILES string of the molecule is c1ccc(-c2nc(-c3ccc(-c4ccc(-c5c6ccccc6c(-c6ccccc6)c6ccccc56)cc4)cc3)nc3c2-c2cccc4cccc-3c24)cc1. The van der Waals surface area contributed by atoms with Crippen LogP contribution in [-0.4, -0.2) is 9.97 Å². The Morgan fingerprint density at radius 3 is 1.24 bits per heavy atom. The van der Waals surface area contributed by atoms with Gasteiger partial charge in [0, 0.05) is 22.3 Å². The van der Waals surface area contributed by atoms with Crippen molar-refractivity contribution in [3.63, 3.8) is 0 Å². The van der Waals surface area contributed by atoms with E-state index in [0.717, 1.165) is 39.5 Å². The predicted molar refractivity (Wildman–Crippen MR) is 226 cm³/mol. The molecule has 250 valence electrons. The molecule has 0 N–H and O–H groups in total. The van der Waals surface area contributed by atoms with Gasteiger partial charge in [0.2, 0.25) is 0 Å². The van der Waals surface area contributed by atoms with E-state index in [1.807, 2.05) is 0 Å². The van der Waals surface area contributed by atoms with Gasteiger partial charge in [-0.05, 0) is 71.3 Å². The Kier molecular flexibility index (Phi) is 6.90. The molecule has 0 saturated carbocycles. The summed E-state index contributed by atoms with van der Waals surface area (Å²) in [5.74, 6) is 0.733. The van der Waals surface area contributed by atoms with Gasteiger partial charge in [0.05, 0.1) is 11.4 Å². The summed E-state index contributed by atoms with van der Waals surface area (Å²) >= 11 is 0. The monoisotopic (exact) mass is 684 g/mol. The van der Waals surface area contributed by atoms with Crippen LogP contribution in [0.4, 0.5) is 0 Å². The van der Waals surface area contributed by atoms with Crippen LogP contribution in [0.2, 0.25) is 0 Å². The topological polar surface area (TPSA) is 25.8 Å². The van der Waals surface area contributed by atoms with E-state index in [0.29, 0.717) is 0 Å². The lowest BCUT2D eigenvalue weighted by Gasteiger charge is -2.18. The number of hydrogen-bond acceptors (Lipinski definition) is 2. The van der Waals surface area contributed by atoms with Crippen molar-refractivity contribution < 1.29 is 0 Å². The van der Waals surface area contributed by atoms with Gasteiger partial charge in [-0.2, -0.15) is 0 Å². The molecule has 9 aromatic carbocycles. The third-order valence-corrected chi connectivity index (χ3v) is 11.0. The van der Waals surface area contributed by atoms with Crippen molar-refractivity contribution in [2.24, 2.45) is 0 Å². The Morgan fingerprint density at radius 2 is 0.685 bits per heavy atom. The molecule has 0 fully saturated rings. The average Bonchev–Trinajstić information content (AvgIpc) is 3.58. The second-order valence-electron chi connectivity index (χ2n) is 14.1. The molecule has 2 heteroatoms. The maximum absolute atomic E-state index is 5.27. The quantitative estimate of drug-likeness (QED) is 0.169. The van der Waals surface area contributed by atoms with Crippen molar-refractivity contribution in [2.75, 3.05) is 0 Å². The number of rotatable bonds is 5. The maximum Gasteiger partial charge on any atom is 0.160 e. The highest BCUT2D eigenvalue weighted by Gasteiger charge is 2.28. The standard InChI is InChI=1S/C52H32N2/c1-3-13-35(14-4-1)46-40-19-7-9-21-42(40)47(43-22-10-8-20-41(43)46)37-29-25-33(26-30-37)34-27-31-39(32-28-34)52-53-50(38-15-5-2-6-16-38)49-44-23-11-17-36-18-12-24-45(48(36)44)51(49)54-52/h1-32H. The number of benzene rings is 9. The average molecular weight is 685 g/mol. The molecule has 0 spiro atoms. The molecule has 0 radical (unpaired) electrons. The summed E-state index contributed by atoms with van der Waals surface area (Å²) in [6, 6.07) is 69.7. The van der Waals surface area contributed by atoms with Crippen LogP contribution in [0.15, 0.2) is 194 Å². The smallest absolute Gasteiger partial charge is 0.160 e. The first-order valence-electron chi connectivity index (χ1n) is 18.5. The summed E-state index contributed by atoms with van der Waals surface area (Å²) in [6.45, 7) is 0. The molecular formula is C52H32N2. The van der Waals surface area contributed by atoms with E-state index in [2.05, 4.69) is 194 Å². The molecule has 54 heavy (non-hydrogen) atoms. The van der Waals surface area contributed by atoms with Crippen LogP contribution in [-0.2, 0) is 0 Å². The fourth-order valence-corrected chi connectivity index (χ4v) is 8.59. The summed E-state index contributed by atoms with van der Waals surface area (Å²) < 4.78 is 0. The lowest BCUT2D eigenvalue weighted by atomic mass is 9.86. The van der Waals surface area contributed by atoms with Crippen LogP contribution < -0.4 is 0 Å². The van der Waals surface area contributed by atoms with Crippen LogP contribution >= 0.6 is 0 Å². The molecule has 11 rings (SSSR count). The minimum atomic E-state index is 0.733. The van der Waals surface area contributed by atoms with E-state index in [9.17, 15) is 0 Å². The molecule has 0 saturated heterocycles. The third kappa shape index (κ3) is 4.74. The van der Waals surface area contributed by atoms with Crippen molar-refractivity contribution in [3.05, 3.63) is 194 Å². The van der Waals surface area contributed by atoms with Crippen molar-refractivity contribution in [1.29, 1.82) is 0 Å². The highest BCUT2D eigenvalue weighted by molar-refractivity contribution is 6.21. The normalized spacial score (nSPS) is 11.7. The number of nitrogens with zero attached hydrogens (tertiary/aromatic N) is 2. The van der Waals surface area contributed by atoms with Crippen LogP contribution in [0.25, 0.3) is 111 Å². The van der Waals surface area contributed by atoms with Crippen LogP contribution in [0.1, 0.15) is 0 Å². The maximum atomic E-state index is 5.27. The highest BCUT2D eigenvalue weighted by atomic mass is 14.9. The fraction of sp³-hybridized carbons (Fsp3) is 0. The molecule has 0 unspecified atom stereocenters. The summed E-state index contributed by atoms with van der Waals surface area (Å²) in [7, 11) is 0. The second-order valence-corrected chi connectivity index (χ2v) is 14.1. The van der Waals surface area contributed by atoms with Crippen molar-refractivity contribution in [3.8, 4) is 78.4 Å². The van der Waals surface area contributed by atoms with E-state index in [1.54, 1.807) is 0 Å². The Bertz CT molecular complexity index is 2990. The van der Waals surface area contributed by atoms with Gasteiger partial charge in [-0.1, -0.05) is 194 Å². The van der Waals surface area contributed by atoms with Crippen molar-refractivity contribution in [2.45, 2.75) is 0 Å². The second kappa shape index (κ2) is 12.2. The van der Waals surface area contributed by atoms with Gasteiger partial charge in [-0.15, -0.1) is 0 Å². The minimum Gasteiger partial charge on any atom is -0.227 e. The molecule has 1 aliphatic rings. The largest absolute Gasteiger partial charge is 0.227 e. The zero-order valence-electron chi connectivity index (χ0n) is 29.4. The zero-order valence-corrected chi connectivity index (χ0v) is 29.4. The van der Waals surface area contributed by atoms with Gasteiger partial charge in [0.1, 0.15) is 0 Å². The molecule has 1 heterocycles. The Morgan fingerprint density at radius 1 is 0.259 bits per heavy atom. The Labute approximate surface area is 313 Å². The molecule has 0 bridgehead atoms. The zero-order chi connectivity index (χ0) is 35.6. The fourth-order valence-electron chi connectivity index (χ4n) is 8.59. The van der Waals surface area contributed by atoms with Crippen LogP contribution in [0.5, 0.6) is 0 Å². The van der Waals surface area contributed by atoms with Gasteiger partial charge in [0.25, 0.3) is 0 Å².